The highest BCUT2D eigenvalue weighted by atomic mass is 28.3. The van der Waals surface area contributed by atoms with Gasteiger partial charge in [0, 0.05) is 42.3 Å². The molecule has 4 heterocycles. The standard InChI is InChI=1S/C38H56N2OSi2/c1-8-30-28-40(20-18-31(30)23-33(40)24-32-17-19-39-38-16-15-34(41)25-37(32)38)27-29-21-35(42(9-2,10-3)11-4)26-36(22-29)43(12-5,13-6)14-7/h8,15-17,19,21-22,25-26,30-31,33H,1,9-14,18,20,23-24,27-28H2,2-7H3/p+1. The van der Waals surface area contributed by atoms with Crippen LogP contribution in [0.2, 0.25) is 36.3 Å². The molecule has 4 atom stereocenters. The molecule has 3 fully saturated rings. The van der Waals surface area contributed by atoms with Gasteiger partial charge < -0.3 is 9.59 Å². The van der Waals surface area contributed by atoms with Gasteiger partial charge in [0.2, 0.25) is 0 Å². The van der Waals surface area contributed by atoms with E-state index in [1.54, 1.807) is 22.0 Å². The summed E-state index contributed by atoms with van der Waals surface area (Å²) in [6.07, 6.45) is 7.87. The van der Waals surface area contributed by atoms with Gasteiger partial charge in [-0.05, 0) is 35.7 Å². The smallest absolute Gasteiger partial charge is 0.116 e. The molecule has 43 heavy (non-hydrogen) atoms. The van der Waals surface area contributed by atoms with Crippen molar-refractivity contribution in [1.82, 2.24) is 4.98 Å². The molecule has 0 amide bonds. The molecule has 3 saturated heterocycles. The van der Waals surface area contributed by atoms with Crippen LogP contribution in [-0.2, 0) is 13.0 Å². The predicted molar refractivity (Wildman–Crippen MR) is 191 cm³/mol. The van der Waals surface area contributed by atoms with Crippen LogP contribution in [0.25, 0.3) is 10.9 Å². The summed E-state index contributed by atoms with van der Waals surface area (Å²) in [6, 6.07) is 24.6. The molecule has 2 bridgehead atoms. The first kappa shape index (κ1) is 32.2. The lowest BCUT2D eigenvalue weighted by molar-refractivity contribution is -0.981. The van der Waals surface area contributed by atoms with Crippen LogP contribution in [0.15, 0.2) is 61.3 Å². The fraction of sp³-hybridized carbons (Fsp3) is 0.553. The first-order valence-corrected chi connectivity index (χ1v) is 22.7. The Hall–Kier alpha value is -2.22. The van der Waals surface area contributed by atoms with Crippen LogP contribution in [-0.4, -0.2) is 49.9 Å². The van der Waals surface area contributed by atoms with E-state index in [9.17, 15) is 5.11 Å². The van der Waals surface area contributed by atoms with Crippen molar-refractivity contribution in [1.29, 1.82) is 0 Å². The highest BCUT2D eigenvalue weighted by molar-refractivity contribution is 6.94. The number of hydrogen-bond donors (Lipinski definition) is 1. The van der Waals surface area contributed by atoms with E-state index in [-0.39, 0.29) is 0 Å². The number of aromatic hydroxyl groups is 1. The second kappa shape index (κ2) is 13.0. The quantitative estimate of drug-likeness (QED) is 0.119. The molecule has 3 aliphatic heterocycles. The van der Waals surface area contributed by atoms with E-state index < -0.39 is 16.1 Å². The fourth-order valence-corrected chi connectivity index (χ4v) is 16.9. The number of fused-ring (bicyclic) bond motifs is 4. The van der Waals surface area contributed by atoms with Crippen LogP contribution in [0.3, 0.4) is 0 Å². The zero-order valence-electron chi connectivity index (χ0n) is 28.0. The van der Waals surface area contributed by atoms with Crippen molar-refractivity contribution in [3.8, 4) is 5.75 Å². The highest BCUT2D eigenvalue weighted by Gasteiger charge is 2.51. The lowest BCUT2D eigenvalue weighted by atomic mass is 9.72. The van der Waals surface area contributed by atoms with Crippen molar-refractivity contribution >= 4 is 37.4 Å². The maximum atomic E-state index is 10.3. The average Bonchev–Trinajstić information content (AvgIpc) is 3.04. The summed E-state index contributed by atoms with van der Waals surface area (Å²) in [5, 5.41) is 15.0. The van der Waals surface area contributed by atoms with E-state index >= 15 is 0 Å². The molecule has 2 aromatic carbocycles. The molecule has 3 aliphatic rings. The molecular formula is C38H57N2OSi2+. The Kier molecular flexibility index (Phi) is 9.75. The fourth-order valence-electron chi connectivity index (χ4n) is 9.42. The molecule has 4 unspecified atom stereocenters. The van der Waals surface area contributed by atoms with Crippen LogP contribution in [0.5, 0.6) is 5.75 Å². The molecule has 0 aliphatic carbocycles. The number of pyridine rings is 1. The van der Waals surface area contributed by atoms with E-state index in [0.29, 0.717) is 17.7 Å². The summed E-state index contributed by atoms with van der Waals surface area (Å²) in [5.41, 5.74) is 3.93. The summed E-state index contributed by atoms with van der Waals surface area (Å²) >= 11 is 0. The van der Waals surface area contributed by atoms with Crippen molar-refractivity contribution in [3.63, 3.8) is 0 Å². The summed E-state index contributed by atoms with van der Waals surface area (Å²) in [4.78, 5) is 4.63. The molecule has 3 aromatic rings. The number of rotatable bonds is 13. The zero-order valence-corrected chi connectivity index (χ0v) is 30.0. The average molecular weight is 614 g/mol. The molecular weight excluding hydrogens is 557 g/mol. The summed E-state index contributed by atoms with van der Waals surface area (Å²) in [5.74, 6) is 1.68. The minimum atomic E-state index is -1.53. The SMILES string of the molecule is C=CC1C[N+]2(Cc3cc([Si](CC)(CC)CC)cc([Si](CC)(CC)CC)c3)CCC1CC2Cc1ccnc2ccc(O)cc12. The number of aromatic nitrogens is 1. The molecule has 5 heteroatoms. The molecule has 232 valence electrons. The Bertz CT molecular complexity index is 1370. The second-order valence-corrected chi connectivity index (χ2v) is 24.6. The summed E-state index contributed by atoms with van der Waals surface area (Å²) < 4.78 is 1.18. The second-order valence-electron chi connectivity index (χ2n) is 14.1. The third-order valence-electron chi connectivity index (χ3n) is 12.8. The third-order valence-corrected chi connectivity index (χ3v) is 24.0. The van der Waals surface area contributed by atoms with Gasteiger partial charge in [-0.1, -0.05) is 112 Å². The van der Waals surface area contributed by atoms with Gasteiger partial charge in [-0.25, -0.2) is 0 Å². The number of hydrogen-bond acceptors (Lipinski definition) is 2. The number of nitrogens with zero attached hydrogens (tertiary/aromatic N) is 2. The van der Waals surface area contributed by atoms with Crippen molar-refractivity contribution in [2.75, 3.05) is 13.1 Å². The minimum Gasteiger partial charge on any atom is -0.508 e. The van der Waals surface area contributed by atoms with Crippen LogP contribution in [0, 0.1) is 11.8 Å². The third kappa shape index (κ3) is 5.82. The van der Waals surface area contributed by atoms with Crippen molar-refractivity contribution in [2.45, 2.75) is 110 Å². The van der Waals surface area contributed by atoms with E-state index in [4.69, 9.17) is 0 Å². The van der Waals surface area contributed by atoms with E-state index in [0.717, 1.165) is 29.8 Å². The van der Waals surface area contributed by atoms with Gasteiger partial charge in [0.1, 0.15) is 12.3 Å². The van der Waals surface area contributed by atoms with E-state index in [1.807, 2.05) is 18.3 Å². The molecule has 6 rings (SSSR count). The van der Waals surface area contributed by atoms with Crippen molar-refractivity contribution < 1.29 is 9.59 Å². The Balaban J connectivity index is 1.61. The van der Waals surface area contributed by atoms with Gasteiger partial charge in [-0.2, -0.15) is 0 Å². The number of phenolic OH excluding ortho intramolecular Hbond substituents is 1. The van der Waals surface area contributed by atoms with Crippen molar-refractivity contribution in [2.24, 2.45) is 11.8 Å². The monoisotopic (exact) mass is 613 g/mol. The van der Waals surface area contributed by atoms with Crippen LogP contribution >= 0.6 is 0 Å². The lowest BCUT2D eigenvalue weighted by Crippen LogP contribution is -2.66. The molecule has 3 nitrogen and oxygen atoms in total. The van der Waals surface area contributed by atoms with Crippen LogP contribution < -0.4 is 10.4 Å². The Morgan fingerprint density at radius 3 is 2.09 bits per heavy atom. The molecule has 0 radical (unpaired) electrons. The topological polar surface area (TPSA) is 33.1 Å². The number of phenols is 1. The van der Waals surface area contributed by atoms with E-state index in [1.165, 1.54) is 72.2 Å². The minimum absolute atomic E-state index is 0.332. The highest BCUT2D eigenvalue weighted by Crippen LogP contribution is 2.45. The first-order valence-electron chi connectivity index (χ1n) is 17.4. The Morgan fingerprint density at radius 2 is 1.51 bits per heavy atom. The number of quaternary nitrogens is 1. The maximum absolute atomic E-state index is 10.3. The summed E-state index contributed by atoms with van der Waals surface area (Å²) in [7, 11) is -3.06. The number of benzene rings is 2. The van der Waals surface area contributed by atoms with Crippen LogP contribution in [0.1, 0.15) is 65.5 Å². The van der Waals surface area contributed by atoms with Gasteiger partial charge >= 0.3 is 0 Å². The molecule has 1 N–H and O–H groups in total. The molecule has 0 spiro atoms. The summed E-state index contributed by atoms with van der Waals surface area (Å²) in [6.45, 7) is 22.7. The lowest BCUT2D eigenvalue weighted by Gasteiger charge is -2.57. The zero-order chi connectivity index (χ0) is 30.8. The molecule has 1 aromatic heterocycles. The Labute approximate surface area is 264 Å². The predicted octanol–water partition coefficient (Wildman–Crippen LogP) is 8.53. The van der Waals surface area contributed by atoms with Crippen molar-refractivity contribution in [3.05, 3.63) is 72.4 Å². The first-order chi connectivity index (χ1) is 20.7. The van der Waals surface area contributed by atoms with Crippen LogP contribution in [0.4, 0.5) is 0 Å². The van der Waals surface area contributed by atoms with Gasteiger partial charge in [0.25, 0.3) is 0 Å². The molecule has 0 saturated carbocycles. The Morgan fingerprint density at radius 1 is 0.884 bits per heavy atom. The number of piperidine rings is 3. The maximum Gasteiger partial charge on any atom is 0.116 e. The largest absolute Gasteiger partial charge is 0.508 e. The van der Waals surface area contributed by atoms with Gasteiger partial charge in [0.05, 0.1) is 40.8 Å². The van der Waals surface area contributed by atoms with E-state index in [2.05, 4.69) is 83.4 Å². The van der Waals surface area contributed by atoms with Gasteiger partial charge in [-0.15, -0.1) is 6.58 Å². The van der Waals surface area contributed by atoms with Gasteiger partial charge in [-0.3, -0.25) is 4.98 Å². The normalized spacial score (nSPS) is 24.0. The van der Waals surface area contributed by atoms with Gasteiger partial charge in [0.15, 0.2) is 0 Å².